The van der Waals surface area contributed by atoms with Crippen LogP contribution in [0.25, 0.3) is 0 Å². The number of nitrogens with one attached hydrogen (secondary N) is 1. The molecule has 0 aliphatic rings. The molecule has 0 aromatic heterocycles. The van der Waals surface area contributed by atoms with Crippen LogP contribution in [0.15, 0.2) is 18.2 Å². The molecule has 4 heteroatoms. The first kappa shape index (κ1) is 17.8. The number of methoxy groups -OCH3 is 2. The van der Waals surface area contributed by atoms with E-state index >= 15 is 0 Å². The lowest BCUT2D eigenvalue weighted by atomic mass is 10.2. The van der Waals surface area contributed by atoms with Crippen molar-refractivity contribution < 1.29 is 14.2 Å². The normalized spacial score (nSPS) is 10.6. The molecule has 0 aliphatic heterocycles. The highest BCUT2D eigenvalue weighted by molar-refractivity contribution is 5.42. The first-order valence-electron chi connectivity index (χ1n) is 7.81. The van der Waals surface area contributed by atoms with E-state index in [4.69, 9.17) is 14.2 Å². The maximum atomic E-state index is 5.87. The number of rotatable bonds is 12. The molecule has 0 fully saturated rings. The summed E-state index contributed by atoms with van der Waals surface area (Å²) in [4.78, 5) is 0. The van der Waals surface area contributed by atoms with E-state index in [0.717, 1.165) is 44.2 Å². The molecule has 0 amide bonds. The van der Waals surface area contributed by atoms with E-state index in [9.17, 15) is 0 Å². The summed E-state index contributed by atoms with van der Waals surface area (Å²) >= 11 is 0. The lowest BCUT2D eigenvalue weighted by molar-refractivity contribution is 0.199. The average molecular weight is 295 g/mol. The molecule has 0 atom stereocenters. The Hall–Kier alpha value is -1.26. The van der Waals surface area contributed by atoms with Crippen LogP contribution in [-0.4, -0.2) is 34.0 Å². The molecule has 0 bridgehead atoms. The molecule has 0 heterocycles. The summed E-state index contributed by atoms with van der Waals surface area (Å²) in [7, 11) is 3.38. The minimum Gasteiger partial charge on any atom is -0.493 e. The molecule has 0 aliphatic carbocycles. The second-order valence-corrected chi connectivity index (χ2v) is 5.06. The number of ether oxygens (including phenoxy) is 3. The minimum absolute atomic E-state index is 0.719. The van der Waals surface area contributed by atoms with Crippen LogP contribution in [-0.2, 0) is 11.3 Å². The first-order valence-corrected chi connectivity index (χ1v) is 7.81. The van der Waals surface area contributed by atoms with Crippen molar-refractivity contribution >= 4 is 0 Å². The maximum Gasteiger partial charge on any atom is 0.161 e. The predicted molar refractivity (Wildman–Crippen MR) is 86.2 cm³/mol. The second kappa shape index (κ2) is 11.4. The summed E-state index contributed by atoms with van der Waals surface area (Å²) in [6.07, 6.45) is 4.82. The van der Waals surface area contributed by atoms with Crippen molar-refractivity contribution in [1.82, 2.24) is 5.32 Å². The molecule has 120 valence electrons. The van der Waals surface area contributed by atoms with Gasteiger partial charge in [0, 0.05) is 20.2 Å². The summed E-state index contributed by atoms with van der Waals surface area (Å²) in [6, 6.07) is 6.08. The van der Waals surface area contributed by atoms with Gasteiger partial charge in [-0.05, 0) is 24.1 Å². The van der Waals surface area contributed by atoms with E-state index in [-0.39, 0.29) is 0 Å². The molecule has 0 saturated carbocycles. The average Bonchev–Trinajstić information content (AvgIpc) is 2.51. The fourth-order valence-electron chi connectivity index (χ4n) is 2.06. The molecule has 1 aromatic carbocycles. The van der Waals surface area contributed by atoms with Gasteiger partial charge in [0.25, 0.3) is 0 Å². The van der Waals surface area contributed by atoms with Crippen LogP contribution >= 0.6 is 0 Å². The van der Waals surface area contributed by atoms with Gasteiger partial charge in [-0.15, -0.1) is 0 Å². The largest absolute Gasteiger partial charge is 0.493 e. The Morgan fingerprint density at radius 2 is 1.86 bits per heavy atom. The molecular formula is C17H29NO3. The van der Waals surface area contributed by atoms with Crippen LogP contribution in [0.5, 0.6) is 11.5 Å². The molecule has 1 aromatic rings. The van der Waals surface area contributed by atoms with E-state index < -0.39 is 0 Å². The third-order valence-corrected chi connectivity index (χ3v) is 3.30. The third kappa shape index (κ3) is 7.34. The van der Waals surface area contributed by atoms with Crippen molar-refractivity contribution in [3.8, 4) is 11.5 Å². The van der Waals surface area contributed by atoms with Crippen molar-refractivity contribution in [2.24, 2.45) is 0 Å². The van der Waals surface area contributed by atoms with Gasteiger partial charge >= 0.3 is 0 Å². The van der Waals surface area contributed by atoms with E-state index in [2.05, 4.69) is 24.4 Å². The van der Waals surface area contributed by atoms with Gasteiger partial charge in [0.1, 0.15) is 0 Å². The maximum absolute atomic E-state index is 5.87. The lowest BCUT2D eigenvalue weighted by Gasteiger charge is -2.13. The Morgan fingerprint density at radius 3 is 2.57 bits per heavy atom. The quantitative estimate of drug-likeness (QED) is 0.600. The Bertz CT molecular complexity index is 382. The highest BCUT2D eigenvalue weighted by Crippen LogP contribution is 2.28. The standard InChI is InChI=1S/C17H29NO3/c1-4-5-6-7-11-21-17-13-15(8-9-16(17)20-3)14-18-10-12-19-2/h8-9,13,18H,4-7,10-12,14H2,1-3H3. The topological polar surface area (TPSA) is 39.7 Å². The molecule has 0 unspecified atom stereocenters. The summed E-state index contributed by atoms with van der Waals surface area (Å²) in [5, 5.41) is 3.33. The second-order valence-electron chi connectivity index (χ2n) is 5.06. The van der Waals surface area contributed by atoms with Gasteiger partial charge < -0.3 is 19.5 Å². The molecule has 21 heavy (non-hydrogen) atoms. The van der Waals surface area contributed by atoms with Crippen molar-refractivity contribution in [3.63, 3.8) is 0 Å². The van der Waals surface area contributed by atoms with Crippen LogP contribution in [0.4, 0.5) is 0 Å². The fourth-order valence-corrected chi connectivity index (χ4v) is 2.06. The van der Waals surface area contributed by atoms with Crippen molar-refractivity contribution in [2.45, 2.75) is 39.2 Å². The van der Waals surface area contributed by atoms with Crippen molar-refractivity contribution in [2.75, 3.05) is 34.0 Å². The highest BCUT2D eigenvalue weighted by atomic mass is 16.5. The van der Waals surface area contributed by atoms with Gasteiger partial charge in [-0.2, -0.15) is 0 Å². The SMILES string of the molecule is CCCCCCOc1cc(CNCCOC)ccc1OC. The first-order chi connectivity index (χ1) is 10.3. The number of benzene rings is 1. The smallest absolute Gasteiger partial charge is 0.161 e. The minimum atomic E-state index is 0.719. The summed E-state index contributed by atoms with van der Waals surface area (Å²) in [6.45, 7) is 5.33. The monoisotopic (exact) mass is 295 g/mol. The van der Waals surface area contributed by atoms with Crippen molar-refractivity contribution in [1.29, 1.82) is 0 Å². The van der Waals surface area contributed by atoms with E-state index in [1.54, 1.807) is 14.2 Å². The van der Waals surface area contributed by atoms with Gasteiger partial charge in [0.2, 0.25) is 0 Å². The molecule has 1 rings (SSSR count). The molecule has 1 N–H and O–H groups in total. The highest BCUT2D eigenvalue weighted by Gasteiger charge is 2.05. The number of unbranched alkanes of at least 4 members (excludes halogenated alkanes) is 3. The number of hydrogen-bond acceptors (Lipinski definition) is 4. The van der Waals surface area contributed by atoms with Crippen molar-refractivity contribution in [3.05, 3.63) is 23.8 Å². The third-order valence-electron chi connectivity index (χ3n) is 3.30. The van der Waals surface area contributed by atoms with E-state index in [1.807, 2.05) is 6.07 Å². The van der Waals surface area contributed by atoms with Crippen LogP contribution in [0.1, 0.15) is 38.2 Å². The molecule has 0 radical (unpaired) electrons. The Balaban J connectivity index is 2.46. The van der Waals surface area contributed by atoms with E-state index in [1.165, 1.54) is 24.8 Å². The Kier molecular flexibility index (Phi) is 9.66. The van der Waals surface area contributed by atoms with E-state index in [0.29, 0.717) is 0 Å². The molecular weight excluding hydrogens is 266 g/mol. The van der Waals surface area contributed by atoms with Crippen LogP contribution in [0.3, 0.4) is 0 Å². The predicted octanol–water partition coefficient (Wildman–Crippen LogP) is 3.39. The van der Waals surface area contributed by atoms with Crippen LogP contribution < -0.4 is 14.8 Å². The van der Waals surface area contributed by atoms with Gasteiger partial charge in [0.15, 0.2) is 11.5 Å². The summed E-state index contributed by atoms with van der Waals surface area (Å²) in [5.74, 6) is 1.63. The van der Waals surface area contributed by atoms with Gasteiger partial charge in [0.05, 0.1) is 20.3 Å². The lowest BCUT2D eigenvalue weighted by Crippen LogP contribution is -2.18. The summed E-state index contributed by atoms with van der Waals surface area (Å²) in [5.41, 5.74) is 1.19. The summed E-state index contributed by atoms with van der Waals surface area (Å²) < 4.78 is 16.2. The Labute approximate surface area is 128 Å². The zero-order chi connectivity index (χ0) is 15.3. The number of hydrogen-bond donors (Lipinski definition) is 1. The molecule has 4 nitrogen and oxygen atoms in total. The van der Waals surface area contributed by atoms with Gasteiger partial charge in [-0.25, -0.2) is 0 Å². The van der Waals surface area contributed by atoms with Gasteiger partial charge in [-0.3, -0.25) is 0 Å². The van der Waals surface area contributed by atoms with Gasteiger partial charge in [-0.1, -0.05) is 32.3 Å². The zero-order valence-electron chi connectivity index (χ0n) is 13.6. The van der Waals surface area contributed by atoms with Crippen LogP contribution in [0.2, 0.25) is 0 Å². The fraction of sp³-hybridized carbons (Fsp3) is 0.647. The molecule has 0 saturated heterocycles. The Morgan fingerprint density at radius 1 is 1.00 bits per heavy atom. The molecule has 0 spiro atoms. The zero-order valence-corrected chi connectivity index (χ0v) is 13.6. The van der Waals surface area contributed by atoms with Crippen LogP contribution in [0, 0.1) is 0 Å².